The number of carboxylic acids is 1. The Morgan fingerprint density at radius 2 is 1.58 bits per heavy atom. The minimum atomic E-state index is -1.06. The zero-order valence-electron chi connectivity index (χ0n) is 16.7. The lowest BCUT2D eigenvalue weighted by molar-refractivity contribution is -0.121. The molecule has 0 bridgehead atoms. The third kappa shape index (κ3) is 6.71. The third-order valence-corrected chi connectivity index (χ3v) is 4.41. The van der Waals surface area contributed by atoms with Gasteiger partial charge in [-0.05, 0) is 48.0 Å². The van der Waals surface area contributed by atoms with Crippen molar-refractivity contribution in [3.63, 3.8) is 0 Å². The fraction of sp³-hybridized carbons (Fsp3) is 0.125. The zero-order valence-corrected chi connectivity index (χ0v) is 16.7. The van der Waals surface area contributed by atoms with E-state index in [1.807, 2.05) is 30.3 Å². The van der Waals surface area contributed by atoms with Gasteiger partial charge in [0, 0.05) is 17.8 Å². The van der Waals surface area contributed by atoms with Gasteiger partial charge in [0.25, 0.3) is 5.91 Å². The Hall–Kier alpha value is -4.13. The highest BCUT2D eigenvalue weighted by Gasteiger charge is 2.09. The van der Waals surface area contributed by atoms with E-state index < -0.39 is 5.97 Å². The van der Waals surface area contributed by atoms with Crippen molar-refractivity contribution < 1.29 is 24.2 Å². The van der Waals surface area contributed by atoms with Crippen molar-refractivity contribution in [2.75, 3.05) is 11.9 Å². The predicted molar refractivity (Wildman–Crippen MR) is 116 cm³/mol. The van der Waals surface area contributed by atoms with E-state index in [1.165, 1.54) is 12.1 Å². The molecule has 0 aliphatic rings. The average Bonchev–Trinajstić information content (AvgIpc) is 2.79. The number of amides is 2. The smallest absolute Gasteiger partial charge is 0.335 e. The second-order valence-corrected chi connectivity index (χ2v) is 6.73. The Morgan fingerprint density at radius 1 is 0.839 bits per heavy atom. The van der Waals surface area contributed by atoms with Crippen molar-refractivity contribution in [3.05, 3.63) is 95.6 Å². The molecule has 0 fully saturated rings. The van der Waals surface area contributed by atoms with Crippen molar-refractivity contribution in [2.45, 2.75) is 13.0 Å². The molecule has 0 spiro atoms. The Balaban J connectivity index is 1.45. The summed E-state index contributed by atoms with van der Waals surface area (Å²) in [7, 11) is 0. The number of ether oxygens (including phenoxy) is 1. The van der Waals surface area contributed by atoms with E-state index in [9.17, 15) is 14.4 Å². The Morgan fingerprint density at radius 3 is 2.29 bits per heavy atom. The Kier molecular flexibility index (Phi) is 7.37. The number of carbonyl (C=O) groups is 3. The number of hydrogen-bond acceptors (Lipinski definition) is 4. The first-order chi connectivity index (χ1) is 15.0. The van der Waals surface area contributed by atoms with Crippen LogP contribution >= 0.6 is 0 Å². The predicted octanol–water partition coefficient (Wildman–Crippen LogP) is 3.72. The molecule has 0 radical (unpaired) electrons. The van der Waals surface area contributed by atoms with Gasteiger partial charge in [-0.15, -0.1) is 0 Å². The second kappa shape index (κ2) is 10.6. The van der Waals surface area contributed by atoms with Crippen LogP contribution in [0.3, 0.4) is 0 Å². The molecule has 158 valence electrons. The number of carboxylic acid groups (broad SMARTS) is 1. The molecular weight excluding hydrogens is 396 g/mol. The summed E-state index contributed by atoms with van der Waals surface area (Å²) < 4.78 is 5.50. The summed E-state index contributed by atoms with van der Waals surface area (Å²) in [4.78, 5) is 35.4. The first-order valence-corrected chi connectivity index (χ1v) is 9.69. The molecule has 0 saturated carbocycles. The number of anilines is 1. The van der Waals surface area contributed by atoms with Gasteiger partial charge in [-0.3, -0.25) is 9.59 Å². The lowest BCUT2D eigenvalue weighted by Gasteiger charge is -2.09. The van der Waals surface area contributed by atoms with Gasteiger partial charge in [0.1, 0.15) is 5.75 Å². The lowest BCUT2D eigenvalue weighted by atomic mass is 10.1. The van der Waals surface area contributed by atoms with Gasteiger partial charge in [-0.25, -0.2) is 4.79 Å². The van der Waals surface area contributed by atoms with Crippen LogP contribution in [0.2, 0.25) is 0 Å². The van der Waals surface area contributed by atoms with Gasteiger partial charge >= 0.3 is 5.97 Å². The molecule has 7 heteroatoms. The molecule has 0 atom stereocenters. The van der Waals surface area contributed by atoms with Crippen LogP contribution < -0.4 is 15.4 Å². The molecule has 3 N–H and O–H groups in total. The van der Waals surface area contributed by atoms with E-state index in [0.717, 1.165) is 11.3 Å². The molecular formula is C24H22N2O5. The van der Waals surface area contributed by atoms with Crippen LogP contribution in [0.1, 0.15) is 32.7 Å². The maximum Gasteiger partial charge on any atom is 0.335 e. The van der Waals surface area contributed by atoms with Gasteiger partial charge in [-0.2, -0.15) is 0 Å². The molecule has 0 saturated heterocycles. The van der Waals surface area contributed by atoms with Gasteiger partial charge in [0.2, 0.25) is 5.91 Å². The minimum absolute atomic E-state index is 0.0954. The van der Waals surface area contributed by atoms with E-state index in [-0.39, 0.29) is 30.4 Å². The second-order valence-electron chi connectivity index (χ2n) is 6.73. The van der Waals surface area contributed by atoms with E-state index in [0.29, 0.717) is 17.8 Å². The maximum absolute atomic E-state index is 12.4. The van der Waals surface area contributed by atoms with Crippen LogP contribution in [0.4, 0.5) is 5.69 Å². The fourth-order valence-corrected chi connectivity index (χ4v) is 2.77. The summed E-state index contributed by atoms with van der Waals surface area (Å²) >= 11 is 0. The van der Waals surface area contributed by atoms with Crippen molar-refractivity contribution in [3.8, 4) is 5.75 Å². The van der Waals surface area contributed by atoms with Crippen LogP contribution in [0.5, 0.6) is 5.75 Å². The van der Waals surface area contributed by atoms with Crippen molar-refractivity contribution in [2.24, 2.45) is 0 Å². The van der Waals surface area contributed by atoms with E-state index in [4.69, 9.17) is 9.84 Å². The number of nitrogens with one attached hydrogen (secondary N) is 2. The number of carbonyl (C=O) groups excluding carboxylic acids is 2. The first-order valence-electron chi connectivity index (χ1n) is 9.69. The number of para-hydroxylation sites is 1. The normalized spacial score (nSPS) is 10.2. The molecule has 3 rings (SSSR count). The fourth-order valence-electron chi connectivity index (χ4n) is 2.77. The highest BCUT2D eigenvalue weighted by atomic mass is 16.5. The topological polar surface area (TPSA) is 105 Å². The largest absolute Gasteiger partial charge is 0.493 e. The molecule has 0 unspecified atom stereocenters. The van der Waals surface area contributed by atoms with Crippen LogP contribution in [0.25, 0.3) is 0 Å². The summed E-state index contributed by atoms with van der Waals surface area (Å²) in [5, 5.41) is 14.5. The molecule has 7 nitrogen and oxygen atoms in total. The maximum atomic E-state index is 12.4. The number of rotatable bonds is 9. The van der Waals surface area contributed by atoms with Crippen LogP contribution in [-0.2, 0) is 11.3 Å². The van der Waals surface area contributed by atoms with Gasteiger partial charge < -0.3 is 20.5 Å². The zero-order chi connectivity index (χ0) is 22.1. The summed E-state index contributed by atoms with van der Waals surface area (Å²) in [6, 6.07) is 22.1. The number of benzene rings is 3. The minimum Gasteiger partial charge on any atom is -0.493 e. The van der Waals surface area contributed by atoms with Crippen LogP contribution in [0.15, 0.2) is 78.9 Å². The van der Waals surface area contributed by atoms with Crippen molar-refractivity contribution in [1.82, 2.24) is 5.32 Å². The highest BCUT2D eigenvalue weighted by molar-refractivity contribution is 6.04. The molecule has 0 aliphatic heterocycles. The molecule has 0 heterocycles. The number of hydrogen-bond donors (Lipinski definition) is 3. The molecule has 31 heavy (non-hydrogen) atoms. The van der Waals surface area contributed by atoms with Crippen molar-refractivity contribution in [1.29, 1.82) is 0 Å². The Labute approximate surface area is 179 Å². The van der Waals surface area contributed by atoms with Gasteiger partial charge in [0.15, 0.2) is 0 Å². The summed E-state index contributed by atoms with van der Waals surface area (Å²) in [6.07, 6.45) is 0.241. The SMILES string of the molecule is O=C(CCOc1ccccc1)NCc1ccc(C(=O)Nc2cccc(C(=O)O)c2)cc1. The highest BCUT2D eigenvalue weighted by Crippen LogP contribution is 2.13. The Bertz CT molecular complexity index is 1050. The van der Waals surface area contributed by atoms with Crippen LogP contribution in [0, 0.1) is 0 Å². The van der Waals surface area contributed by atoms with E-state index in [2.05, 4.69) is 10.6 Å². The number of aromatic carboxylic acids is 1. The van der Waals surface area contributed by atoms with Crippen LogP contribution in [-0.4, -0.2) is 29.5 Å². The molecule has 3 aromatic rings. The summed E-state index contributed by atoms with van der Waals surface area (Å²) in [6.45, 7) is 0.630. The first kappa shape index (κ1) is 21.6. The van der Waals surface area contributed by atoms with E-state index in [1.54, 1.807) is 36.4 Å². The molecule has 2 amide bonds. The van der Waals surface area contributed by atoms with Gasteiger partial charge in [-0.1, -0.05) is 36.4 Å². The van der Waals surface area contributed by atoms with E-state index >= 15 is 0 Å². The monoisotopic (exact) mass is 418 g/mol. The lowest BCUT2D eigenvalue weighted by Crippen LogP contribution is -2.24. The third-order valence-electron chi connectivity index (χ3n) is 4.41. The average molecular weight is 418 g/mol. The summed E-state index contributed by atoms with van der Waals surface area (Å²) in [5.41, 5.74) is 1.77. The quantitative estimate of drug-likeness (QED) is 0.491. The summed E-state index contributed by atoms with van der Waals surface area (Å²) in [5.74, 6) is -0.819. The van der Waals surface area contributed by atoms with Crippen molar-refractivity contribution >= 4 is 23.5 Å². The molecule has 0 aromatic heterocycles. The molecule has 3 aromatic carbocycles. The van der Waals surface area contributed by atoms with Gasteiger partial charge in [0.05, 0.1) is 18.6 Å². The standard InChI is InChI=1S/C24H22N2O5/c27-22(13-14-31-21-7-2-1-3-8-21)25-16-17-9-11-18(12-10-17)23(28)26-20-6-4-5-19(15-20)24(29)30/h1-12,15H,13-14,16H2,(H,25,27)(H,26,28)(H,29,30). The molecule has 0 aliphatic carbocycles.